The lowest BCUT2D eigenvalue weighted by Gasteiger charge is -2.09. The first-order valence-corrected chi connectivity index (χ1v) is 5.67. The number of halogens is 1. The largest absolute Gasteiger partial charge is 0.484 e. The van der Waals surface area contributed by atoms with E-state index in [9.17, 15) is 9.50 Å². The summed E-state index contributed by atoms with van der Waals surface area (Å²) in [7, 11) is 0. The summed E-state index contributed by atoms with van der Waals surface area (Å²) < 4.78 is 19.0. The maximum absolute atomic E-state index is 13.7. The van der Waals surface area contributed by atoms with Crippen molar-refractivity contribution in [1.82, 2.24) is 4.98 Å². The van der Waals surface area contributed by atoms with Crippen LogP contribution in [0.15, 0.2) is 42.6 Å². The number of hydrogen-bond acceptors (Lipinski definition) is 3. The van der Waals surface area contributed by atoms with E-state index < -0.39 is 11.9 Å². The molecule has 3 nitrogen and oxygen atoms in total. The van der Waals surface area contributed by atoms with E-state index in [1.807, 2.05) is 18.2 Å². The van der Waals surface area contributed by atoms with Gasteiger partial charge in [-0.15, -0.1) is 0 Å². The molecule has 1 aromatic carbocycles. The van der Waals surface area contributed by atoms with Gasteiger partial charge in [-0.25, -0.2) is 4.39 Å². The van der Waals surface area contributed by atoms with Crippen LogP contribution in [0.25, 0.3) is 0 Å². The Bertz CT molecular complexity index is 514. The van der Waals surface area contributed by atoms with Crippen molar-refractivity contribution in [2.75, 3.05) is 0 Å². The smallest absolute Gasteiger partial charge is 0.165 e. The molecule has 0 radical (unpaired) electrons. The normalized spacial score (nSPS) is 12.2. The highest BCUT2D eigenvalue weighted by molar-refractivity contribution is 5.30. The number of aliphatic hydroxyl groups is 1. The van der Waals surface area contributed by atoms with Crippen molar-refractivity contribution in [3.8, 4) is 5.75 Å². The summed E-state index contributed by atoms with van der Waals surface area (Å²) in [6.45, 7) is 1.80. The third-order valence-electron chi connectivity index (χ3n) is 2.54. The van der Waals surface area contributed by atoms with Crippen molar-refractivity contribution in [2.24, 2.45) is 0 Å². The molecule has 1 aromatic heterocycles. The summed E-state index contributed by atoms with van der Waals surface area (Å²) in [5.41, 5.74) is 1.26. The molecule has 0 saturated carbocycles. The summed E-state index contributed by atoms with van der Waals surface area (Å²) in [4.78, 5) is 4.08. The number of aliphatic hydroxyl groups excluding tert-OH is 1. The Kier molecular flexibility index (Phi) is 3.89. The summed E-state index contributed by atoms with van der Waals surface area (Å²) >= 11 is 0. The zero-order chi connectivity index (χ0) is 13.0. The Morgan fingerprint density at radius 2 is 2.17 bits per heavy atom. The summed E-state index contributed by atoms with van der Waals surface area (Å²) in [5.74, 6) is -0.325. The molecule has 18 heavy (non-hydrogen) atoms. The molecule has 1 N–H and O–H groups in total. The molecule has 0 unspecified atom stereocenters. The molecule has 4 heteroatoms. The van der Waals surface area contributed by atoms with Crippen molar-refractivity contribution in [3.63, 3.8) is 0 Å². The maximum Gasteiger partial charge on any atom is 0.165 e. The number of ether oxygens (including phenoxy) is 1. The minimum atomic E-state index is -0.690. The summed E-state index contributed by atoms with van der Waals surface area (Å²) in [5, 5.41) is 9.33. The molecule has 0 fully saturated rings. The van der Waals surface area contributed by atoms with Crippen LogP contribution >= 0.6 is 0 Å². The predicted molar refractivity (Wildman–Crippen MR) is 65.6 cm³/mol. The van der Waals surface area contributed by atoms with Crippen LogP contribution in [0.2, 0.25) is 0 Å². The Hall–Kier alpha value is -1.94. The van der Waals surface area contributed by atoms with Gasteiger partial charge in [-0.2, -0.15) is 0 Å². The van der Waals surface area contributed by atoms with Gasteiger partial charge in [0.15, 0.2) is 11.6 Å². The number of rotatable bonds is 4. The molecule has 94 valence electrons. The predicted octanol–water partition coefficient (Wildman–Crippen LogP) is 2.85. The van der Waals surface area contributed by atoms with Gasteiger partial charge in [-0.05, 0) is 36.8 Å². The van der Waals surface area contributed by atoms with Gasteiger partial charge >= 0.3 is 0 Å². The highest BCUT2D eigenvalue weighted by Gasteiger charge is 2.08. The number of hydrogen-bond donors (Lipinski definition) is 1. The lowest BCUT2D eigenvalue weighted by Crippen LogP contribution is -2.00. The molecule has 0 bridgehead atoms. The van der Waals surface area contributed by atoms with E-state index in [-0.39, 0.29) is 12.4 Å². The fraction of sp³-hybridized carbons (Fsp3) is 0.214. The minimum absolute atomic E-state index is 0.157. The molecule has 2 aromatic rings. The van der Waals surface area contributed by atoms with E-state index in [1.54, 1.807) is 19.2 Å². The molecule has 1 heterocycles. The van der Waals surface area contributed by atoms with Gasteiger partial charge in [0.25, 0.3) is 0 Å². The highest BCUT2D eigenvalue weighted by Crippen LogP contribution is 2.22. The Labute approximate surface area is 105 Å². The molecule has 0 amide bonds. The van der Waals surface area contributed by atoms with Gasteiger partial charge in [0.2, 0.25) is 0 Å². The van der Waals surface area contributed by atoms with Gasteiger partial charge in [0.05, 0.1) is 11.8 Å². The van der Waals surface area contributed by atoms with Crippen LogP contribution in [0, 0.1) is 5.82 Å². The molecule has 0 spiro atoms. The van der Waals surface area contributed by atoms with Gasteiger partial charge in [0, 0.05) is 6.20 Å². The van der Waals surface area contributed by atoms with E-state index in [4.69, 9.17) is 4.74 Å². The van der Waals surface area contributed by atoms with Gasteiger partial charge in [-0.1, -0.05) is 12.1 Å². The van der Waals surface area contributed by atoms with Crippen molar-refractivity contribution < 1.29 is 14.2 Å². The lowest BCUT2D eigenvalue weighted by atomic mass is 10.1. The van der Waals surface area contributed by atoms with Gasteiger partial charge < -0.3 is 9.84 Å². The third kappa shape index (κ3) is 3.05. The molecule has 0 saturated heterocycles. The molecular weight excluding hydrogens is 233 g/mol. The second kappa shape index (κ2) is 5.60. The van der Waals surface area contributed by atoms with E-state index in [0.29, 0.717) is 5.56 Å². The zero-order valence-electron chi connectivity index (χ0n) is 10.0. The van der Waals surface area contributed by atoms with Gasteiger partial charge in [0.1, 0.15) is 6.61 Å². The van der Waals surface area contributed by atoms with Crippen molar-refractivity contribution in [1.29, 1.82) is 0 Å². The van der Waals surface area contributed by atoms with Crippen molar-refractivity contribution in [2.45, 2.75) is 19.6 Å². The second-order valence-electron chi connectivity index (χ2n) is 3.98. The van der Waals surface area contributed by atoms with Crippen LogP contribution in [-0.4, -0.2) is 10.1 Å². The molecule has 2 rings (SSSR count). The highest BCUT2D eigenvalue weighted by atomic mass is 19.1. The maximum atomic E-state index is 13.7. The molecule has 0 aliphatic heterocycles. The number of nitrogens with zero attached hydrogens (tertiary/aromatic N) is 1. The average Bonchev–Trinajstić information content (AvgIpc) is 2.38. The lowest BCUT2D eigenvalue weighted by molar-refractivity contribution is 0.198. The molecular formula is C14H14FNO2. The standard InChI is InChI=1S/C14H14FNO2/c1-10(17)11-5-6-14(13(15)8-11)18-9-12-4-2-3-7-16-12/h2-8,10,17H,9H2,1H3/t10-/m0/s1. The Morgan fingerprint density at radius 3 is 2.78 bits per heavy atom. The first-order chi connectivity index (χ1) is 8.66. The fourth-order valence-electron chi connectivity index (χ4n) is 1.53. The van der Waals surface area contributed by atoms with Crippen LogP contribution < -0.4 is 4.74 Å². The summed E-state index contributed by atoms with van der Waals surface area (Å²) in [6, 6.07) is 9.89. The SMILES string of the molecule is C[C@H](O)c1ccc(OCc2ccccn2)c(F)c1. The second-order valence-corrected chi connectivity index (χ2v) is 3.98. The van der Waals surface area contributed by atoms with Crippen molar-refractivity contribution in [3.05, 3.63) is 59.7 Å². The molecule has 1 atom stereocenters. The quantitative estimate of drug-likeness (QED) is 0.903. The minimum Gasteiger partial charge on any atom is -0.484 e. The number of aromatic nitrogens is 1. The average molecular weight is 247 g/mol. The number of benzene rings is 1. The summed E-state index contributed by atoms with van der Waals surface area (Å²) in [6.07, 6.45) is 0.968. The van der Waals surface area contributed by atoms with Crippen LogP contribution in [-0.2, 0) is 6.61 Å². The van der Waals surface area contributed by atoms with Crippen LogP contribution in [0.4, 0.5) is 4.39 Å². The Morgan fingerprint density at radius 1 is 1.33 bits per heavy atom. The monoisotopic (exact) mass is 247 g/mol. The molecule has 0 aliphatic carbocycles. The molecule has 0 aliphatic rings. The first kappa shape index (κ1) is 12.5. The van der Waals surface area contributed by atoms with Crippen LogP contribution in [0.5, 0.6) is 5.75 Å². The van der Waals surface area contributed by atoms with Crippen LogP contribution in [0.1, 0.15) is 24.3 Å². The first-order valence-electron chi connectivity index (χ1n) is 5.67. The number of pyridine rings is 1. The fourth-order valence-corrected chi connectivity index (χ4v) is 1.53. The van der Waals surface area contributed by atoms with E-state index >= 15 is 0 Å². The third-order valence-corrected chi connectivity index (χ3v) is 2.54. The zero-order valence-corrected chi connectivity index (χ0v) is 10.0. The topological polar surface area (TPSA) is 42.4 Å². The van der Waals surface area contributed by atoms with Crippen LogP contribution in [0.3, 0.4) is 0 Å². The van der Waals surface area contributed by atoms with E-state index in [1.165, 1.54) is 12.1 Å². The van der Waals surface area contributed by atoms with E-state index in [2.05, 4.69) is 4.98 Å². The Balaban J connectivity index is 2.06. The van der Waals surface area contributed by atoms with Gasteiger partial charge in [-0.3, -0.25) is 4.98 Å². The van der Waals surface area contributed by atoms with Crippen molar-refractivity contribution >= 4 is 0 Å². The van der Waals surface area contributed by atoms with E-state index in [0.717, 1.165) is 5.69 Å².